The molecule has 1 spiro atoms. The van der Waals surface area contributed by atoms with E-state index >= 15 is 0 Å². The summed E-state index contributed by atoms with van der Waals surface area (Å²) in [6, 6.07) is 17.9. The van der Waals surface area contributed by atoms with Gasteiger partial charge in [-0.15, -0.1) is 0 Å². The smallest absolute Gasteiger partial charge is 0.298 e. The maximum atomic E-state index is 10.2. The van der Waals surface area contributed by atoms with Crippen molar-refractivity contribution in [3.8, 4) is 5.75 Å². The number of likely N-dealkylation sites (N-methyl/N-ethyl adjacent to an activating group) is 1. The van der Waals surface area contributed by atoms with E-state index < -0.39 is 0 Å². The molecule has 1 N–H and O–H groups in total. The highest BCUT2D eigenvalue weighted by molar-refractivity contribution is 5.49. The monoisotopic (exact) mass is 405 g/mol. The summed E-state index contributed by atoms with van der Waals surface area (Å²) >= 11 is 0. The SMILES string of the molecule is CCNC1C2CCC3CC32C1c1ccccc1.Cc1ccc(C(C)C)cc1OC=O. The van der Waals surface area contributed by atoms with Gasteiger partial charge < -0.3 is 10.1 Å². The van der Waals surface area contributed by atoms with Crippen molar-refractivity contribution in [3.05, 3.63) is 65.2 Å². The van der Waals surface area contributed by atoms with E-state index in [-0.39, 0.29) is 0 Å². The molecular weight excluding hydrogens is 370 g/mol. The summed E-state index contributed by atoms with van der Waals surface area (Å²) in [4.78, 5) is 10.2. The van der Waals surface area contributed by atoms with Gasteiger partial charge in [-0.3, -0.25) is 4.79 Å². The third-order valence-electron chi connectivity index (χ3n) is 7.74. The Bertz CT molecular complexity index is 878. The molecule has 2 aromatic carbocycles. The van der Waals surface area contributed by atoms with Crippen LogP contribution in [0.2, 0.25) is 0 Å². The van der Waals surface area contributed by atoms with Crippen LogP contribution in [0.15, 0.2) is 48.5 Å². The summed E-state index contributed by atoms with van der Waals surface area (Å²) in [7, 11) is 0. The molecule has 3 nitrogen and oxygen atoms in total. The lowest BCUT2D eigenvalue weighted by atomic mass is 9.56. The lowest BCUT2D eigenvalue weighted by Crippen LogP contribution is -2.57. The number of carbonyl (C=O) groups excluding carboxylic acids is 1. The highest BCUT2D eigenvalue weighted by Gasteiger charge is 2.76. The van der Waals surface area contributed by atoms with Crippen LogP contribution in [0.3, 0.4) is 0 Å². The molecule has 3 aliphatic carbocycles. The van der Waals surface area contributed by atoms with Crippen molar-refractivity contribution in [1.29, 1.82) is 0 Å². The van der Waals surface area contributed by atoms with Crippen molar-refractivity contribution < 1.29 is 9.53 Å². The van der Waals surface area contributed by atoms with E-state index in [0.29, 0.717) is 18.1 Å². The number of benzene rings is 2. The summed E-state index contributed by atoms with van der Waals surface area (Å²) in [5.74, 6) is 3.96. The molecule has 0 amide bonds. The lowest BCUT2D eigenvalue weighted by Gasteiger charge is -2.53. The van der Waals surface area contributed by atoms with E-state index in [4.69, 9.17) is 4.74 Å². The molecule has 5 unspecified atom stereocenters. The Morgan fingerprint density at radius 1 is 1.17 bits per heavy atom. The van der Waals surface area contributed by atoms with Crippen LogP contribution in [0.25, 0.3) is 0 Å². The third-order valence-corrected chi connectivity index (χ3v) is 7.74. The minimum absolute atomic E-state index is 0.453. The summed E-state index contributed by atoms with van der Waals surface area (Å²) in [5, 5.41) is 3.75. The molecule has 0 aromatic heterocycles. The molecule has 0 radical (unpaired) electrons. The van der Waals surface area contributed by atoms with Gasteiger partial charge in [0.25, 0.3) is 6.47 Å². The lowest BCUT2D eigenvalue weighted by molar-refractivity contribution is -0.120. The fourth-order valence-corrected chi connectivity index (χ4v) is 6.24. The van der Waals surface area contributed by atoms with Gasteiger partial charge >= 0.3 is 0 Å². The highest BCUT2D eigenvalue weighted by Crippen LogP contribution is 2.80. The van der Waals surface area contributed by atoms with Gasteiger partial charge in [0.1, 0.15) is 5.75 Å². The van der Waals surface area contributed by atoms with Crippen LogP contribution >= 0.6 is 0 Å². The van der Waals surface area contributed by atoms with Crippen molar-refractivity contribution in [2.45, 2.75) is 64.8 Å². The molecule has 3 fully saturated rings. The maximum absolute atomic E-state index is 10.2. The van der Waals surface area contributed by atoms with E-state index in [2.05, 4.69) is 62.5 Å². The van der Waals surface area contributed by atoms with Gasteiger partial charge in [-0.1, -0.05) is 63.2 Å². The van der Waals surface area contributed by atoms with Crippen molar-refractivity contribution in [2.75, 3.05) is 6.54 Å². The van der Waals surface area contributed by atoms with Crippen LogP contribution in [0.1, 0.15) is 68.6 Å². The number of hydrogen-bond acceptors (Lipinski definition) is 3. The zero-order valence-corrected chi connectivity index (χ0v) is 18.7. The average molecular weight is 406 g/mol. The van der Waals surface area contributed by atoms with Crippen LogP contribution < -0.4 is 10.1 Å². The first-order valence-electron chi connectivity index (χ1n) is 11.5. The normalized spacial score (nSPS) is 30.4. The molecule has 30 heavy (non-hydrogen) atoms. The zero-order valence-electron chi connectivity index (χ0n) is 18.7. The van der Waals surface area contributed by atoms with Crippen LogP contribution in [-0.4, -0.2) is 19.1 Å². The van der Waals surface area contributed by atoms with Crippen LogP contribution in [0, 0.1) is 24.2 Å². The number of carbonyl (C=O) groups is 1. The molecule has 0 aliphatic heterocycles. The molecule has 5 rings (SSSR count). The molecule has 0 heterocycles. The van der Waals surface area contributed by atoms with E-state index in [9.17, 15) is 4.79 Å². The molecule has 3 saturated carbocycles. The van der Waals surface area contributed by atoms with Gasteiger partial charge in [0, 0.05) is 12.0 Å². The highest BCUT2D eigenvalue weighted by atomic mass is 16.5. The second-order valence-electron chi connectivity index (χ2n) is 9.56. The molecule has 0 saturated heterocycles. The second-order valence-corrected chi connectivity index (χ2v) is 9.56. The van der Waals surface area contributed by atoms with E-state index in [1.54, 1.807) is 5.56 Å². The zero-order chi connectivity index (χ0) is 21.3. The molecule has 0 bridgehead atoms. The van der Waals surface area contributed by atoms with E-state index in [0.717, 1.165) is 41.3 Å². The Balaban J connectivity index is 0.000000152. The van der Waals surface area contributed by atoms with E-state index in [1.807, 2.05) is 19.1 Å². The van der Waals surface area contributed by atoms with Gasteiger partial charge in [0.15, 0.2) is 0 Å². The van der Waals surface area contributed by atoms with Crippen LogP contribution in [0.4, 0.5) is 0 Å². The predicted octanol–water partition coefficient (Wildman–Crippen LogP) is 5.83. The van der Waals surface area contributed by atoms with Gasteiger partial charge in [-0.25, -0.2) is 0 Å². The Labute approximate surface area is 181 Å². The molecule has 5 atom stereocenters. The Morgan fingerprint density at radius 3 is 2.57 bits per heavy atom. The van der Waals surface area contributed by atoms with Crippen molar-refractivity contribution in [1.82, 2.24) is 5.32 Å². The molecule has 3 aliphatic rings. The van der Waals surface area contributed by atoms with Crippen molar-refractivity contribution in [3.63, 3.8) is 0 Å². The van der Waals surface area contributed by atoms with Gasteiger partial charge in [-0.05, 0) is 78.7 Å². The number of hydrogen-bond donors (Lipinski definition) is 1. The largest absolute Gasteiger partial charge is 0.428 e. The Hall–Kier alpha value is -2.13. The summed E-state index contributed by atoms with van der Waals surface area (Å²) in [6.45, 7) is 9.96. The third kappa shape index (κ3) is 3.58. The summed E-state index contributed by atoms with van der Waals surface area (Å²) < 4.78 is 4.85. The van der Waals surface area contributed by atoms with E-state index in [1.165, 1.54) is 24.8 Å². The quantitative estimate of drug-likeness (QED) is 0.614. The molecular formula is C27H35NO2. The van der Waals surface area contributed by atoms with Crippen LogP contribution in [-0.2, 0) is 4.79 Å². The Morgan fingerprint density at radius 2 is 1.93 bits per heavy atom. The Kier molecular flexibility index (Phi) is 6.02. The van der Waals surface area contributed by atoms with Crippen molar-refractivity contribution in [2.24, 2.45) is 17.3 Å². The molecule has 3 heteroatoms. The minimum Gasteiger partial charge on any atom is -0.428 e. The maximum Gasteiger partial charge on any atom is 0.298 e. The summed E-state index contributed by atoms with van der Waals surface area (Å²) in [6.07, 6.45) is 4.49. The van der Waals surface area contributed by atoms with Crippen LogP contribution in [0.5, 0.6) is 5.75 Å². The fourth-order valence-electron chi connectivity index (χ4n) is 6.24. The number of aryl methyl sites for hydroxylation is 1. The topological polar surface area (TPSA) is 38.3 Å². The molecule has 160 valence electrons. The number of nitrogens with one attached hydrogen (secondary N) is 1. The fraction of sp³-hybridized carbons (Fsp3) is 0.519. The van der Waals surface area contributed by atoms with Gasteiger partial charge in [0.2, 0.25) is 0 Å². The number of ether oxygens (including phenoxy) is 1. The summed E-state index contributed by atoms with van der Waals surface area (Å²) in [5.41, 5.74) is 4.48. The van der Waals surface area contributed by atoms with Gasteiger partial charge in [-0.2, -0.15) is 0 Å². The first kappa shape index (κ1) is 21.1. The minimum atomic E-state index is 0.453. The van der Waals surface area contributed by atoms with Gasteiger partial charge in [0.05, 0.1) is 0 Å². The second kappa shape index (κ2) is 8.55. The number of rotatable bonds is 6. The average Bonchev–Trinajstić information content (AvgIpc) is 3.40. The molecule has 2 aromatic rings. The first-order chi connectivity index (χ1) is 14.5. The standard InChI is InChI=1S/C16H21N.C11H14O2/c1-2-17-15-13-9-8-12-10-16(12,13)14(15)11-6-4-3-5-7-11;1-8(2)10-5-4-9(3)11(6-10)13-7-12/h3-7,12-15,17H,2,8-10H2,1H3;4-8H,1-3H3. The predicted molar refractivity (Wildman–Crippen MR) is 122 cm³/mol. The first-order valence-corrected chi connectivity index (χ1v) is 11.5. The van der Waals surface area contributed by atoms with Crippen molar-refractivity contribution >= 4 is 6.47 Å².